The second kappa shape index (κ2) is 5.17. The van der Waals surface area contributed by atoms with Crippen molar-refractivity contribution in [1.82, 2.24) is 4.98 Å². The van der Waals surface area contributed by atoms with Crippen molar-refractivity contribution in [2.24, 2.45) is 0 Å². The number of hydrogen-bond donors (Lipinski definition) is 1. The molecule has 0 fully saturated rings. The van der Waals surface area contributed by atoms with Crippen LogP contribution in [0.25, 0.3) is 10.2 Å². The molecule has 0 aliphatic rings. The summed E-state index contributed by atoms with van der Waals surface area (Å²) >= 11 is 1.63. The molecule has 20 heavy (non-hydrogen) atoms. The summed E-state index contributed by atoms with van der Waals surface area (Å²) < 4.78 is 27.1. The third-order valence-electron chi connectivity index (χ3n) is 2.98. The normalized spacial score (nSPS) is 10.9. The average Bonchev–Trinajstić information content (AvgIpc) is 2.79. The maximum absolute atomic E-state index is 13.1. The summed E-state index contributed by atoms with van der Waals surface area (Å²) in [6, 6.07) is 9.81. The zero-order chi connectivity index (χ0) is 14.1. The smallest absolute Gasteiger partial charge is 0.159 e. The number of aryl methyl sites for hydroxylation is 1. The third kappa shape index (κ3) is 2.63. The third-order valence-corrected chi connectivity index (χ3v) is 3.91. The molecule has 0 radical (unpaired) electrons. The predicted octanol–water partition coefficient (Wildman–Crippen LogP) is 4.50. The summed E-state index contributed by atoms with van der Waals surface area (Å²) in [7, 11) is 0. The predicted molar refractivity (Wildman–Crippen MR) is 78.0 cm³/mol. The monoisotopic (exact) mass is 290 g/mol. The van der Waals surface area contributed by atoms with Crippen LogP contribution in [0.4, 0.5) is 14.5 Å². The van der Waals surface area contributed by atoms with Gasteiger partial charge in [0.25, 0.3) is 0 Å². The van der Waals surface area contributed by atoms with Crippen LogP contribution in [0.15, 0.2) is 36.4 Å². The maximum Gasteiger partial charge on any atom is 0.159 e. The van der Waals surface area contributed by atoms with E-state index in [1.807, 2.05) is 25.1 Å². The first-order chi connectivity index (χ1) is 9.61. The Balaban J connectivity index is 1.77. The number of anilines is 1. The molecule has 1 heterocycles. The van der Waals surface area contributed by atoms with E-state index in [0.717, 1.165) is 27.0 Å². The van der Waals surface area contributed by atoms with Crippen LogP contribution in [-0.4, -0.2) is 4.98 Å². The van der Waals surface area contributed by atoms with E-state index in [1.165, 1.54) is 6.07 Å². The van der Waals surface area contributed by atoms with Gasteiger partial charge >= 0.3 is 0 Å². The van der Waals surface area contributed by atoms with Gasteiger partial charge in [-0.25, -0.2) is 13.8 Å². The van der Waals surface area contributed by atoms with E-state index in [9.17, 15) is 8.78 Å². The minimum Gasteiger partial charge on any atom is -0.381 e. The van der Waals surface area contributed by atoms with Crippen LogP contribution in [-0.2, 0) is 6.54 Å². The molecule has 0 aliphatic carbocycles. The van der Waals surface area contributed by atoms with Crippen LogP contribution in [0, 0.1) is 18.6 Å². The van der Waals surface area contributed by atoms with Gasteiger partial charge in [-0.1, -0.05) is 6.07 Å². The first kappa shape index (κ1) is 13.0. The zero-order valence-corrected chi connectivity index (χ0v) is 11.6. The van der Waals surface area contributed by atoms with Gasteiger partial charge in [0.1, 0.15) is 0 Å². The van der Waals surface area contributed by atoms with Crippen molar-refractivity contribution in [1.29, 1.82) is 0 Å². The summed E-state index contributed by atoms with van der Waals surface area (Å²) in [5, 5.41) is 4.22. The molecular weight excluding hydrogens is 278 g/mol. The van der Waals surface area contributed by atoms with Crippen molar-refractivity contribution in [3.8, 4) is 0 Å². The Morgan fingerprint density at radius 2 is 1.95 bits per heavy atom. The minimum atomic E-state index is -0.824. The number of thiazole rings is 1. The lowest BCUT2D eigenvalue weighted by Crippen LogP contribution is -2.00. The van der Waals surface area contributed by atoms with Crippen LogP contribution in [0.5, 0.6) is 0 Å². The van der Waals surface area contributed by atoms with Crippen LogP contribution in [0.1, 0.15) is 10.6 Å². The van der Waals surface area contributed by atoms with Crippen molar-refractivity contribution in [3.63, 3.8) is 0 Å². The quantitative estimate of drug-likeness (QED) is 0.768. The van der Waals surface area contributed by atoms with E-state index < -0.39 is 11.6 Å². The van der Waals surface area contributed by atoms with Crippen LogP contribution in [0.2, 0.25) is 0 Å². The molecule has 1 N–H and O–H groups in total. The summed E-state index contributed by atoms with van der Waals surface area (Å²) in [6.45, 7) is 2.42. The first-order valence-electron chi connectivity index (χ1n) is 6.17. The Labute approximate surface area is 119 Å². The fraction of sp³-hybridized carbons (Fsp3) is 0.133. The van der Waals surface area contributed by atoms with Gasteiger partial charge in [-0.05, 0) is 42.8 Å². The van der Waals surface area contributed by atoms with Crippen molar-refractivity contribution in [3.05, 3.63) is 58.6 Å². The van der Waals surface area contributed by atoms with Gasteiger partial charge in [-0.3, -0.25) is 0 Å². The van der Waals surface area contributed by atoms with Crippen molar-refractivity contribution < 1.29 is 8.78 Å². The van der Waals surface area contributed by atoms with Gasteiger partial charge in [0.15, 0.2) is 11.6 Å². The summed E-state index contributed by atoms with van der Waals surface area (Å²) in [4.78, 5) is 4.39. The number of halogens is 2. The Hall–Kier alpha value is -2.01. The van der Waals surface area contributed by atoms with E-state index in [1.54, 1.807) is 17.4 Å². The summed E-state index contributed by atoms with van der Waals surface area (Å²) in [5.74, 6) is -1.65. The van der Waals surface area contributed by atoms with Crippen molar-refractivity contribution in [2.45, 2.75) is 13.5 Å². The van der Waals surface area contributed by atoms with E-state index in [4.69, 9.17) is 0 Å². The molecule has 0 amide bonds. The SMILES string of the molecule is Cc1nc2ccc(NCc3ccc(F)c(F)c3)cc2s1. The molecule has 0 saturated carbocycles. The van der Waals surface area contributed by atoms with E-state index in [0.29, 0.717) is 12.1 Å². The number of fused-ring (bicyclic) bond motifs is 1. The second-order valence-corrected chi connectivity index (χ2v) is 5.75. The first-order valence-corrected chi connectivity index (χ1v) is 6.98. The molecule has 0 bridgehead atoms. The number of hydrogen-bond acceptors (Lipinski definition) is 3. The molecule has 1 aromatic heterocycles. The molecular formula is C15H12F2N2S. The highest BCUT2D eigenvalue weighted by atomic mass is 32.1. The molecule has 0 atom stereocenters. The lowest BCUT2D eigenvalue weighted by molar-refractivity contribution is 0.507. The van der Waals surface area contributed by atoms with E-state index in [-0.39, 0.29) is 0 Å². The van der Waals surface area contributed by atoms with Crippen molar-refractivity contribution >= 4 is 27.2 Å². The number of benzene rings is 2. The Kier molecular flexibility index (Phi) is 3.36. The molecule has 102 valence electrons. The molecule has 2 nitrogen and oxygen atoms in total. The van der Waals surface area contributed by atoms with Crippen LogP contribution < -0.4 is 5.32 Å². The molecule has 5 heteroatoms. The highest BCUT2D eigenvalue weighted by Crippen LogP contribution is 2.25. The minimum absolute atomic E-state index is 0.445. The Bertz CT molecular complexity index is 768. The van der Waals surface area contributed by atoms with Gasteiger partial charge in [0, 0.05) is 12.2 Å². The van der Waals surface area contributed by atoms with Crippen LogP contribution >= 0.6 is 11.3 Å². The topological polar surface area (TPSA) is 24.9 Å². The van der Waals surface area contributed by atoms with Crippen molar-refractivity contribution in [2.75, 3.05) is 5.32 Å². The highest BCUT2D eigenvalue weighted by Gasteiger charge is 2.04. The molecule has 0 aliphatic heterocycles. The number of nitrogens with zero attached hydrogens (tertiary/aromatic N) is 1. The molecule has 3 rings (SSSR count). The fourth-order valence-electron chi connectivity index (χ4n) is 2.00. The molecule has 0 unspecified atom stereocenters. The van der Waals surface area contributed by atoms with Gasteiger partial charge < -0.3 is 5.32 Å². The van der Waals surface area contributed by atoms with Gasteiger partial charge in [0.2, 0.25) is 0 Å². The van der Waals surface area contributed by atoms with Gasteiger partial charge in [0.05, 0.1) is 15.2 Å². The molecule has 3 aromatic rings. The lowest BCUT2D eigenvalue weighted by atomic mass is 10.2. The zero-order valence-electron chi connectivity index (χ0n) is 10.8. The molecule has 0 spiro atoms. The fourth-order valence-corrected chi connectivity index (χ4v) is 2.87. The van der Waals surface area contributed by atoms with Gasteiger partial charge in [-0.2, -0.15) is 0 Å². The number of nitrogens with one attached hydrogen (secondary N) is 1. The molecule has 2 aromatic carbocycles. The Morgan fingerprint density at radius 3 is 2.75 bits per heavy atom. The van der Waals surface area contributed by atoms with Gasteiger partial charge in [-0.15, -0.1) is 11.3 Å². The molecule has 0 saturated heterocycles. The Morgan fingerprint density at radius 1 is 1.10 bits per heavy atom. The second-order valence-electron chi connectivity index (χ2n) is 4.52. The summed E-state index contributed by atoms with van der Waals surface area (Å²) in [6.07, 6.45) is 0. The van der Waals surface area contributed by atoms with Crippen LogP contribution in [0.3, 0.4) is 0 Å². The van der Waals surface area contributed by atoms with E-state index in [2.05, 4.69) is 10.3 Å². The standard InChI is InChI=1S/C15H12F2N2S/c1-9-19-14-5-3-11(7-15(14)20-9)18-8-10-2-4-12(16)13(17)6-10/h2-7,18H,8H2,1H3. The number of aromatic nitrogens is 1. The average molecular weight is 290 g/mol. The highest BCUT2D eigenvalue weighted by molar-refractivity contribution is 7.18. The van der Waals surface area contributed by atoms with E-state index >= 15 is 0 Å². The summed E-state index contributed by atoms with van der Waals surface area (Å²) in [5.41, 5.74) is 2.61. The maximum atomic E-state index is 13.1. The lowest BCUT2D eigenvalue weighted by Gasteiger charge is -2.06. The largest absolute Gasteiger partial charge is 0.381 e. The number of rotatable bonds is 3.